The first-order chi connectivity index (χ1) is 10.7. The summed E-state index contributed by atoms with van der Waals surface area (Å²) in [5.74, 6) is 0.567. The monoisotopic (exact) mass is 297 g/mol. The lowest BCUT2D eigenvalue weighted by Gasteiger charge is -2.06. The number of hydrogen-bond donors (Lipinski definition) is 2. The molecule has 2 aromatic carbocycles. The van der Waals surface area contributed by atoms with Gasteiger partial charge in [-0.1, -0.05) is 29.8 Å². The molecule has 0 aliphatic carbocycles. The number of methoxy groups -OCH3 is 1. The summed E-state index contributed by atoms with van der Waals surface area (Å²) in [6.45, 7) is 2.17. The third-order valence-corrected chi connectivity index (χ3v) is 3.02. The van der Waals surface area contributed by atoms with E-state index in [0.29, 0.717) is 0 Å². The first-order valence-electron chi connectivity index (χ1n) is 6.94. The van der Waals surface area contributed by atoms with E-state index in [4.69, 9.17) is 4.74 Å². The van der Waals surface area contributed by atoms with E-state index >= 15 is 0 Å². The number of hydrazone groups is 1. The van der Waals surface area contributed by atoms with E-state index in [2.05, 4.69) is 15.8 Å². The molecule has 0 spiro atoms. The van der Waals surface area contributed by atoms with Crippen LogP contribution in [-0.2, 0) is 4.79 Å². The Morgan fingerprint density at radius 1 is 1.14 bits per heavy atom. The van der Waals surface area contributed by atoms with Gasteiger partial charge in [0.2, 0.25) is 0 Å². The second-order valence-corrected chi connectivity index (χ2v) is 4.79. The topological polar surface area (TPSA) is 62.7 Å². The Hall–Kier alpha value is -2.82. The number of carbonyl (C=O) groups is 1. The minimum atomic E-state index is -0.209. The van der Waals surface area contributed by atoms with Crippen LogP contribution in [0.1, 0.15) is 11.1 Å². The van der Waals surface area contributed by atoms with Crippen LogP contribution >= 0.6 is 0 Å². The van der Waals surface area contributed by atoms with Crippen molar-refractivity contribution in [1.29, 1.82) is 0 Å². The molecule has 0 unspecified atom stereocenters. The maximum Gasteiger partial charge on any atom is 0.259 e. The van der Waals surface area contributed by atoms with E-state index in [0.717, 1.165) is 17.0 Å². The average Bonchev–Trinajstić information content (AvgIpc) is 2.55. The number of aryl methyl sites for hydroxylation is 1. The SMILES string of the molecule is COc1ccc(NCC(=O)N/N=C\c2ccc(C)cc2)cc1. The zero-order valence-electron chi connectivity index (χ0n) is 12.7. The lowest BCUT2D eigenvalue weighted by atomic mass is 10.2. The summed E-state index contributed by atoms with van der Waals surface area (Å²) in [7, 11) is 1.61. The molecule has 0 aliphatic rings. The summed E-state index contributed by atoms with van der Waals surface area (Å²) < 4.78 is 5.07. The predicted octanol–water partition coefficient (Wildman–Crippen LogP) is 2.57. The Kier molecular flexibility index (Phi) is 5.54. The second-order valence-electron chi connectivity index (χ2n) is 4.79. The Labute approximate surface area is 130 Å². The number of amides is 1. The molecular formula is C17H19N3O2. The van der Waals surface area contributed by atoms with E-state index in [-0.39, 0.29) is 12.5 Å². The average molecular weight is 297 g/mol. The number of ether oxygens (including phenoxy) is 1. The number of nitrogens with zero attached hydrogens (tertiary/aromatic N) is 1. The van der Waals surface area contributed by atoms with Crippen molar-refractivity contribution < 1.29 is 9.53 Å². The molecule has 2 aromatic rings. The lowest BCUT2D eigenvalue weighted by molar-refractivity contribution is -0.119. The van der Waals surface area contributed by atoms with Crippen LogP contribution in [0.5, 0.6) is 5.75 Å². The molecule has 0 aliphatic heterocycles. The van der Waals surface area contributed by atoms with Crippen LogP contribution in [0.15, 0.2) is 53.6 Å². The number of benzene rings is 2. The van der Waals surface area contributed by atoms with Crippen molar-refractivity contribution in [2.24, 2.45) is 5.10 Å². The second kappa shape index (κ2) is 7.83. The molecule has 0 fully saturated rings. The van der Waals surface area contributed by atoms with Crippen molar-refractivity contribution in [1.82, 2.24) is 5.43 Å². The smallest absolute Gasteiger partial charge is 0.259 e. The Morgan fingerprint density at radius 3 is 2.45 bits per heavy atom. The Bertz CT molecular complexity index is 634. The zero-order chi connectivity index (χ0) is 15.8. The summed E-state index contributed by atoms with van der Waals surface area (Å²) in [5, 5.41) is 6.94. The van der Waals surface area contributed by atoms with Crippen LogP contribution in [0.2, 0.25) is 0 Å². The maximum atomic E-state index is 11.7. The van der Waals surface area contributed by atoms with Crippen LogP contribution in [0.25, 0.3) is 0 Å². The molecule has 5 nitrogen and oxygen atoms in total. The highest BCUT2D eigenvalue weighted by molar-refractivity contribution is 5.84. The third-order valence-electron chi connectivity index (χ3n) is 3.02. The maximum absolute atomic E-state index is 11.7. The molecule has 0 atom stereocenters. The standard InChI is InChI=1S/C17H19N3O2/c1-13-3-5-14(6-4-13)11-19-20-17(21)12-18-15-7-9-16(22-2)10-8-15/h3-11,18H,12H2,1-2H3,(H,20,21)/b19-11-. The van der Waals surface area contributed by atoms with Gasteiger partial charge in [-0.25, -0.2) is 5.43 Å². The zero-order valence-corrected chi connectivity index (χ0v) is 12.7. The number of nitrogens with one attached hydrogen (secondary N) is 2. The molecule has 0 bridgehead atoms. The van der Waals surface area contributed by atoms with Crippen molar-refractivity contribution in [2.75, 3.05) is 19.0 Å². The van der Waals surface area contributed by atoms with Crippen LogP contribution in [0, 0.1) is 6.92 Å². The highest BCUT2D eigenvalue weighted by atomic mass is 16.5. The molecule has 0 aromatic heterocycles. The third kappa shape index (κ3) is 4.94. The van der Waals surface area contributed by atoms with Crippen molar-refractivity contribution in [3.63, 3.8) is 0 Å². The molecule has 1 amide bonds. The quantitative estimate of drug-likeness (QED) is 0.636. The fourth-order valence-corrected chi connectivity index (χ4v) is 1.76. The van der Waals surface area contributed by atoms with Gasteiger partial charge in [0.15, 0.2) is 0 Å². The van der Waals surface area contributed by atoms with Gasteiger partial charge in [0.1, 0.15) is 5.75 Å². The van der Waals surface area contributed by atoms with Gasteiger partial charge in [0.05, 0.1) is 19.9 Å². The molecule has 22 heavy (non-hydrogen) atoms. The molecule has 2 N–H and O–H groups in total. The molecule has 0 heterocycles. The van der Waals surface area contributed by atoms with Gasteiger partial charge < -0.3 is 10.1 Å². The van der Waals surface area contributed by atoms with E-state index in [1.807, 2.05) is 55.5 Å². The number of hydrogen-bond acceptors (Lipinski definition) is 4. The van der Waals surface area contributed by atoms with Crippen molar-refractivity contribution in [3.05, 3.63) is 59.7 Å². The Morgan fingerprint density at radius 2 is 1.82 bits per heavy atom. The summed E-state index contributed by atoms with van der Waals surface area (Å²) in [4.78, 5) is 11.7. The molecule has 0 saturated carbocycles. The summed E-state index contributed by atoms with van der Waals surface area (Å²) in [6, 6.07) is 15.2. The minimum absolute atomic E-state index is 0.150. The van der Waals surface area contributed by atoms with Gasteiger partial charge in [-0.05, 0) is 36.8 Å². The number of carbonyl (C=O) groups excluding carboxylic acids is 1. The number of rotatable bonds is 6. The van der Waals surface area contributed by atoms with Gasteiger partial charge in [-0.3, -0.25) is 4.79 Å². The molecule has 0 saturated heterocycles. The van der Waals surface area contributed by atoms with Gasteiger partial charge in [0.25, 0.3) is 5.91 Å². The van der Waals surface area contributed by atoms with E-state index < -0.39 is 0 Å². The normalized spacial score (nSPS) is 10.5. The molecule has 114 valence electrons. The summed E-state index contributed by atoms with van der Waals surface area (Å²) in [5.41, 5.74) is 5.45. The first-order valence-corrected chi connectivity index (χ1v) is 6.94. The summed E-state index contributed by atoms with van der Waals surface area (Å²) in [6.07, 6.45) is 1.62. The molecular weight excluding hydrogens is 278 g/mol. The van der Waals surface area contributed by atoms with Gasteiger partial charge in [-0.15, -0.1) is 0 Å². The van der Waals surface area contributed by atoms with Crippen molar-refractivity contribution in [2.45, 2.75) is 6.92 Å². The van der Waals surface area contributed by atoms with Crippen LogP contribution in [0.3, 0.4) is 0 Å². The largest absolute Gasteiger partial charge is 0.497 e. The van der Waals surface area contributed by atoms with Gasteiger partial charge in [-0.2, -0.15) is 5.10 Å². The minimum Gasteiger partial charge on any atom is -0.497 e. The predicted molar refractivity (Wildman–Crippen MR) is 88.4 cm³/mol. The van der Waals surface area contributed by atoms with Crippen molar-refractivity contribution >= 4 is 17.8 Å². The van der Waals surface area contributed by atoms with Crippen LogP contribution in [-0.4, -0.2) is 25.8 Å². The van der Waals surface area contributed by atoms with Crippen molar-refractivity contribution in [3.8, 4) is 5.75 Å². The van der Waals surface area contributed by atoms with E-state index in [1.54, 1.807) is 13.3 Å². The van der Waals surface area contributed by atoms with Crippen LogP contribution in [0.4, 0.5) is 5.69 Å². The van der Waals surface area contributed by atoms with E-state index in [1.165, 1.54) is 5.56 Å². The highest BCUT2D eigenvalue weighted by Gasteiger charge is 1.99. The first kappa shape index (κ1) is 15.6. The lowest BCUT2D eigenvalue weighted by Crippen LogP contribution is -2.25. The fraction of sp³-hybridized carbons (Fsp3) is 0.176. The van der Waals surface area contributed by atoms with E-state index in [9.17, 15) is 4.79 Å². The number of anilines is 1. The highest BCUT2D eigenvalue weighted by Crippen LogP contribution is 2.14. The molecule has 0 radical (unpaired) electrons. The Balaban J connectivity index is 1.76. The summed E-state index contributed by atoms with van der Waals surface area (Å²) >= 11 is 0. The van der Waals surface area contributed by atoms with Crippen LogP contribution < -0.4 is 15.5 Å². The fourth-order valence-electron chi connectivity index (χ4n) is 1.76. The molecule has 2 rings (SSSR count). The molecule has 5 heteroatoms. The van der Waals surface area contributed by atoms with Gasteiger partial charge in [0, 0.05) is 5.69 Å². The van der Waals surface area contributed by atoms with Gasteiger partial charge >= 0.3 is 0 Å².